The van der Waals surface area contributed by atoms with Gasteiger partial charge in [-0.1, -0.05) is 27.7 Å². The van der Waals surface area contributed by atoms with E-state index < -0.39 is 0 Å². The Balaban J connectivity index is 3.21. The van der Waals surface area contributed by atoms with Crippen LogP contribution < -0.4 is 0 Å². The summed E-state index contributed by atoms with van der Waals surface area (Å²) in [4.78, 5) is 0. The summed E-state index contributed by atoms with van der Waals surface area (Å²) in [6, 6.07) is 0. The maximum atomic E-state index is 2.58. The summed E-state index contributed by atoms with van der Waals surface area (Å²) in [6.45, 7) is 16.2. The summed E-state index contributed by atoms with van der Waals surface area (Å²) < 4.78 is 1.47. The van der Waals surface area contributed by atoms with Crippen LogP contribution in [0.1, 0.15) is 66.6 Å². The highest BCUT2D eigenvalue weighted by Gasteiger charge is 2.21. The molecule has 1 heteroatoms. The van der Waals surface area contributed by atoms with E-state index in [0.29, 0.717) is 0 Å². The van der Waals surface area contributed by atoms with Crippen molar-refractivity contribution in [2.24, 2.45) is 0 Å². The second kappa shape index (κ2) is 6.90. The lowest BCUT2D eigenvalue weighted by Crippen LogP contribution is -2.08. The van der Waals surface area contributed by atoms with E-state index in [1.807, 2.05) is 0 Å². The largest absolute Gasteiger partial charge is 0.0613 e. The van der Waals surface area contributed by atoms with Gasteiger partial charge in [-0.15, -0.1) is 0 Å². The van der Waals surface area contributed by atoms with Gasteiger partial charge in [0.15, 0.2) is 0 Å². The molecular weight excluding hydrogens is 379 g/mol. The lowest BCUT2D eigenvalue weighted by molar-refractivity contribution is 0.958. The molecule has 0 amide bonds. The van der Waals surface area contributed by atoms with Crippen molar-refractivity contribution in [3.8, 4) is 0 Å². The van der Waals surface area contributed by atoms with Crippen molar-refractivity contribution < 1.29 is 0 Å². The van der Waals surface area contributed by atoms with Crippen LogP contribution in [-0.2, 0) is 25.7 Å². The summed E-state index contributed by atoms with van der Waals surface area (Å²) in [6.07, 6.45) is 4.57. The van der Waals surface area contributed by atoms with Crippen LogP contribution in [0.2, 0.25) is 0 Å². The number of rotatable bonds is 4. The maximum absolute atomic E-state index is 2.58. The van der Waals surface area contributed by atoms with E-state index in [4.69, 9.17) is 0 Å². The van der Waals surface area contributed by atoms with Gasteiger partial charge in [0, 0.05) is 3.57 Å². The van der Waals surface area contributed by atoms with E-state index in [2.05, 4.69) is 71.1 Å². The molecule has 0 spiro atoms. The van der Waals surface area contributed by atoms with E-state index in [1.54, 1.807) is 33.0 Å². The molecule has 0 fully saturated rings. The van der Waals surface area contributed by atoms with Gasteiger partial charge in [-0.05, 0) is 119 Å². The topological polar surface area (TPSA) is 0 Å². The standard InChI is InChI=1S/C21H29I/c1-8-15-16(9-2)18(11-4)20-19(17(15)10-3)13(6)12(5)14(7)21(20)22/h8-11H2,1-7H3. The Kier molecular flexibility index (Phi) is 5.58. The Hall–Kier alpha value is -0.570. The normalized spacial score (nSPS) is 11.5. The van der Waals surface area contributed by atoms with E-state index in [0.717, 1.165) is 25.7 Å². The third-order valence-corrected chi connectivity index (χ3v) is 6.76. The van der Waals surface area contributed by atoms with Crippen LogP contribution in [0.3, 0.4) is 0 Å². The molecule has 2 rings (SSSR count). The predicted molar refractivity (Wildman–Crippen MR) is 108 cm³/mol. The van der Waals surface area contributed by atoms with Crippen molar-refractivity contribution in [1.29, 1.82) is 0 Å². The SMILES string of the molecule is CCc1c(CC)c(CC)c2c(I)c(C)c(C)c(C)c2c1CC. The van der Waals surface area contributed by atoms with Crippen molar-refractivity contribution in [3.05, 3.63) is 42.5 Å². The summed E-state index contributed by atoms with van der Waals surface area (Å²) >= 11 is 2.58. The minimum Gasteiger partial charge on any atom is -0.0613 e. The minimum atomic E-state index is 1.13. The molecule has 22 heavy (non-hydrogen) atoms. The third kappa shape index (κ3) is 2.50. The van der Waals surface area contributed by atoms with Gasteiger partial charge in [-0.25, -0.2) is 0 Å². The fourth-order valence-electron chi connectivity index (χ4n) is 4.08. The molecule has 0 aliphatic carbocycles. The van der Waals surface area contributed by atoms with Gasteiger partial charge in [0.1, 0.15) is 0 Å². The zero-order valence-corrected chi connectivity index (χ0v) is 17.4. The van der Waals surface area contributed by atoms with E-state index in [9.17, 15) is 0 Å². The number of hydrogen-bond acceptors (Lipinski definition) is 0. The monoisotopic (exact) mass is 408 g/mol. The fraction of sp³-hybridized carbons (Fsp3) is 0.524. The van der Waals surface area contributed by atoms with Gasteiger partial charge in [0.25, 0.3) is 0 Å². The molecule has 0 saturated heterocycles. The fourth-order valence-corrected chi connectivity index (χ4v) is 5.08. The first-order valence-corrected chi connectivity index (χ1v) is 9.76. The summed E-state index contributed by atoms with van der Waals surface area (Å²) in [5.41, 5.74) is 10.9. The van der Waals surface area contributed by atoms with Crippen molar-refractivity contribution in [3.63, 3.8) is 0 Å². The zero-order chi connectivity index (χ0) is 16.6. The number of halogens is 1. The number of aryl methyl sites for hydroxylation is 3. The first-order valence-electron chi connectivity index (χ1n) is 8.68. The van der Waals surface area contributed by atoms with Crippen LogP contribution in [-0.4, -0.2) is 0 Å². The molecule has 0 saturated carbocycles. The molecule has 0 bridgehead atoms. The minimum absolute atomic E-state index is 1.13. The van der Waals surface area contributed by atoms with E-state index >= 15 is 0 Å². The summed E-state index contributed by atoms with van der Waals surface area (Å²) in [5, 5.41) is 3.11. The molecule has 0 aliphatic heterocycles. The second-order valence-electron chi connectivity index (χ2n) is 6.27. The van der Waals surface area contributed by atoms with E-state index in [1.165, 1.54) is 20.3 Å². The molecule has 0 atom stereocenters. The quantitative estimate of drug-likeness (QED) is 0.499. The van der Waals surface area contributed by atoms with Gasteiger partial charge < -0.3 is 0 Å². The van der Waals surface area contributed by atoms with Crippen LogP contribution in [0.4, 0.5) is 0 Å². The summed E-state index contributed by atoms with van der Waals surface area (Å²) in [7, 11) is 0. The average Bonchev–Trinajstić information content (AvgIpc) is 2.54. The van der Waals surface area contributed by atoms with Crippen LogP contribution in [0.15, 0.2) is 0 Å². The molecule has 0 nitrogen and oxygen atoms in total. The van der Waals surface area contributed by atoms with Crippen LogP contribution >= 0.6 is 22.6 Å². The number of benzene rings is 2. The van der Waals surface area contributed by atoms with Gasteiger partial charge >= 0.3 is 0 Å². The molecule has 0 aliphatic rings. The first-order chi connectivity index (χ1) is 10.4. The van der Waals surface area contributed by atoms with Gasteiger partial charge in [0.05, 0.1) is 0 Å². The van der Waals surface area contributed by atoms with E-state index in [-0.39, 0.29) is 0 Å². The lowest BCUT2D eigenvalue weighted by Gasteiger charge is -2.25. The van der Waals surface area contributed by atoms with Crippen molar-refractivity contribution in [2.75, 3.05) is 0 Å². The van der Waals surface area contributed by atoms with Crippen molar-refractivity contribution in [2.45, 2.75) is 74.1 Å². The smallest absolute Gasteiger partial charge is 0.0243 e. The highest BCUT2D eigenvalue weighted by atomic mass is 127. The Bertz CT molecular complexity index is 661. The molecule has 0 heterocycles. The molecule has 0 N–H and O–H groups in total. The Morgan fingerprint density at radius 1 is 0.545 bits per heavy atom. The van der Waals surface area contributed by atoms with Crippen LogP contribution in [0.25, 0.3) is 10.8 Å². The highest BCUT2D eigenvalue weighted by molar-refractivity contribution is 14.1. The molecule has 0 unspecified atom stereocenters. The second-order valence-corrected chi connectivity index (χ2v) is 7.35. The predicted octanol–water partition coefficient (Wildman–Crippen LogP) is 6.62. The molecular formula is C21H29I. The van der Waals surface area contributed by atoms with Crippen molar-refractivity contribution >= 4 is 33.4 Å². The third-order valence-electron chi connectivity index (χ3n) is 5.41. The van der Waals surface area contributed by atoms with Crippen LogP contribution in [0, 0.1) is 24.3 Å². The van der Waals surface area contributed by atoms with Gasteiger partial charge in [-0.3, -0.25) is 0 Å². The first kappa shape index (κ1) is 17.8. The number of fused-ring (bicyclic) bond motifs is 1. The zero-order valence-electron chi connectivity index (χ0n) is 15.2. The summed E-state index contributed by atoms with van der Waals surface area (Å²) in [5.74, 6) is 0. The average molecular weight is 408 g/mol. The Morgan fingerprint density at radius 2 is 0.955 bits per heavy atom. The van der Waals surface area contributed by atoms with Crippen LogP contribution in [0.5, 0.6) is 0 Å². The Morgan fingerprint density at radius 3 is 1.36 bits per heavy atom. The molecule has 0 radical (unpaired) electrons. The number of hydrogen-bond donors (Lipinski definition) is 0. The van der Waals surface area contributed by atoms with Gasteiger partial charge in [-0.2, -0.15) is 0 Å². The maximum Gasteiger partial charge on any atom is 0.0243 e. The molecule has 120 valence electrons. The Labute approximate surface area is 149 Å². The van der Waals surface area contributed by atoms with Crippen molar-refractivity contribution in [1.82, 2.24) is 0 Å². The van der Waals surface area contributed by atoms with Gasteiger partial charge in [0.2, 0.25) is 0 Å². The highest BCUT2D eigenvalue weighted by Crippen LogP contribution is 2.39. The molecule has 2 aromatic carbocycles. The molecule has 0 aromatic heterocycles. The molecule has 2 aromatic rings. The lowest BCUT2D eigenvalue weighted by atomic mass is 9.81.